The van der Waals surface area contributed by atoms with E-state index in [0.29, 0.717) is 41.1 Å². The summed E-state index contributed by atoms with van der Waals surface area (Å²) in [4.78, 5) is 54.7. The van der Waals surface area contributed by atoms with Crippen LogP contribution in [0.25, 0.3) is 135 Å². The average molecular weight is 1980 g/mol. The molecule has 11 nitrogen and oxygen atoms in total. The van der Waals surface area contributed by atoms with Gasteiger partial charge in [-0.2, -0.15) is 0 Å². The molecule has 0 unspecified atom stereocenters. The zero-order valence-electron chi connectivity index (χ0n) is 94.6. The lowest BCUT2D eigenvalue weighted by Crippen LogP contribution is -2.11. The van der Waals surface area contributed by atoms with Crippen LogP contribution in [-0.4, -0.2) is 64.3 Å². The van der Waals surface area contributed by atoms with E-state index in [4.69, 9.17) is 23.7 Å². The van der Waals surface area contributed by atoms with Crippen LogP contribution in [0.1, 0.15) is 221 Å². The predicted octanol–water partition coefficient (Wildman–Crippen LogP) is 36.6. The Labute approximate surface area is 883 Å². The fourth-order valence-electron chi connectivity index (χ4n) is 18.9. The molecule has 0 atom stereocenters. The van der Waals surface area contributed by atoms with E-state index in [1.54, 1.807) is 56.5 Å². The van der Waals surface area contributed by atoms with E-state index in [-0.39, 0.29) is 28.9 Å². The first-order valence-corrected chi connectivity index (χ1v) is 51.7. The van der Waals surface area contributed by atoms with Gasteiger partial charge in [-0.05, 0) is 516 Å². The third-order valence-electron chi connectivity index (χ3n) is 29.5. The number of methoxy groups -OCH3 is 4. The average Bonchev–Trinajstić information content (AvgIpc) is 0.742. The third kappa shape index (κ3) is 26.0. The minimum absolute atomic E-state index is 0.0443. The van der Waals surface area contributed by atoms with Crippen LogP contribution >= 0.6 is 0 Å². The number of ether oxygens (including phenoxy) is 6. The summed E-state index contributed by atoms with van der Waals surface area (Å²) in [7, 11) is 6.03. The van der Waals surface area contributed by atoms with Crippen LogP contribution in [0.15, 0.2) is 224 Å². The number of rotatable bonds is 14. The second kappa shape index (κ2) is 48.7. The summed E-state index contributed by atoms with van der Waals surface area (Å²) in [5.74, 6) is 2.01. The van der Waals surface area contributed by atoms with Crippen molar-refractivity contribution in [3.8, 4) is 28.7 Å². The van der Waals surface area contributed by atoms with Gasteiger partial charge in [0.25, 0.3) is 0 Å². The standard InChI is InChI=1S/4C24H24.C18H18O6.C11H12O2.C7H12O.C6H12O2/c4*1-13-7-19-20(8-14(13)2)22-10-16(4)18(6)12-24(22)23-11-17(5)15(3)9-21(19)23;1-11(19)12-5-7-13(8-6-12)24-18(20)14-9-16(22-3)17(23-4)10-15(14)21-2;1-9(12)6-7-10-4-3-5-11(8-10)13-2;1-3-4-5-6-7(2)8;1-5(2)4-8-6(3)7/h4*7-12H,1-6H3;5-10H,1-4H3;3-8H,1-2H3;5-6H,3-4H2,1-2H3;5H,4H2,1-3H3/b;;;;;7-6+;;. The van der Waals surface area contributed by atoms with Crippen LogP contribution in [0.3, 0.4) is 0 Å². The molecular formula is C138H150O11. The van der Waals surface area contributed by atoms with E-state index in [2.05, 4.69) is 323 Å². The Morgan fingerprint density at radius 2 is 0.490 bits per heavy atom. The van der Waals surface area contributed by atoms with Gasteiger partial charge in [0.1, 0.15) is 22.8 Å². The van der Waals surface area contributed by atoms with Gasteiger partial charge in [0.15, 0.2) is 28.8 Å². The van der Waals surface area contributed by atoms with Crippen LogP contribution in [0.4, 0.5) is 0 Å². The van der Waals surface area contributed by atoms with Crippen molar-refractivity contribution in [2.75, 3.05) is 35.0 Å². The number of carbonyl (C=O) groups excluding carboxylic acids is 5. The molecule has 0 aliphatic rings. The monoisotopic (exact) mass is 1980 g/mol. The fourth-order valence-corrected chi connectivity index (χ4v) is 18.9. The highest BCUT2D eigenvalue weighted by atomic mass is 16.5. The molecule has 0 radical (unpaired) electrons. The van der Waals surface area contributed by atoms with Crippen molar-refractivity contribution in [2.45, 2.75) is 227 Å². The fraction of sp³-hybridized carbons (Fsp3) is 0.283. The Hall–Kier alpha value is -15.1. The minimum atomic E-state index is -0.608. The van der Waals surface area contributed by atoms with Gasteiger partial charge in [0.2, 0.25) is 0 Å². The molecule has 0 spiro atoms. The Balaban J connectivity index is 0.000000155. The number of ketones is 3. The number of Topliss-reactive ketones (excluding diaryl/α,β-unsaturated/α-hetero) is 1. The van der Waals surface area contributed by atoms with Crippen LogP contribution < -0.4 is 23.7 Å². The lowest BCUT2D eigenvalue weighted by molar-refractivity contribution is -0.142. The van der Waals surface area contributed by atoms with Crippen molar-refractivity contribution in [1.82, 2.24) is 0 Å². The molecule has 149 heavy (non-hydrogen) atoms. The maximum Gasteiger partial charge on any atom is 0.347 e. The van der Waals surface area contributed by atoms with E-state index in [1.807, 2.05) is 44.2 Å². The van der Waals surface area contributed by atoms with Gasteiger partial charge in [0.05, 0.1) is 35.0 Å². The molecule has 0 aliphatic carbocycles. The number of aryl methyl sites for hydroxylation is 24. The highest BCUT2D eigenvalue weighted by Gasteiger charge is 2.23. The zero-order valence-corrected chi connectivity index (χ0v) is 94.6. The lowest BCUT2D eigenvalue weighted by Gasteiger charge is -2.16. The quantitative estimate of drug-likeness (QED) is 0.0338. The summed E-state index contributed by atoms with van der Waals surface area (Å²) in [6, 6.07) is 73.8. The molecule has 768 valence electrons. The predicted molar refractivity (Wildman–Crippen MR) is 636 cm³/mol. The first-order chi connectivity index (χ1) is 70.6. The van der Waals surface area contributed by atoms with Crippen molar-refractivity contribution >= 4 is 165 Å². The maximum atomic E-state index is 12.4. The molecule has 0 aliphatic heterocycles. The van der Waals surface area contributed by atoms with Gasteiger partial charge < -0.3 is 28.4 Å². The first kappa shape index (κ1) is 113. The smallest absolute Gasteiger partial charge is 0.347 e. The van der Waals surface area contributed by atoms with Crippen LogP contribution in [0, 0.1) is 172 Å². The van der Waals surface area contributed by atoms with Gasteiger partial charge in [-0.25, -0.2) is 4.79 Å². The molecule has 19 aromatic carbocycles. The lowest BCUT2D eigenvalue weighted by atomic mass is 9.88. The molecule has 19 aromatic rings. The molecule has 0 saturated heterocycles. The first-order valence-electron chi connectivity index (χ1n) is 51.7. The van der Waals surface area contributed by atoms with Gasteiger partial charge in [-0.1, -0.05) is 197 Å². The molecule has 19 rings (SSSR count). The zero-order chi connectivity index (χ0) is 109. The number of allylic oxidation sites excluding steroid dienone is 3. The molecule has 0 fully saturated rings. The molecule has 0 amide bonds. The Morgan fingerprint density at radius 3 is 0.671 bits per heavy atom. The van der Waals surface area contributed by atoms with Crippen LogP contribution in [0.5, 0.6) is 28.7 Å². The van der Waals surface area contributed by atoms with E-state index in [1.165, 1.54) is 317 Å². The third-order valence-corrected chi connectivity index (χ3v) is 29.5. The number of hydrogen-bond donors (Lipinski definition) is 0. The van der Waals surface area contributed by atoms with E-state index >= 15 is 0 Å². The summed E-state index contributed by atoms with van der Waals surface area (Å²) in [6.07, 6.45) is 8.95. The summed E-state index contributed by atoms with van der Waals surface area (Å²) in [5, 5.41) is 33.2. The summed E-state index contributed by atoms with van der Waals surface area (Å²) in [6.45, 7) is 65.8. The molecular weight excluding hydrogens is 1830 g/mol. The van der Waals surface area contributed by atoms with Crippen molar-refractivity contribution in [1.29, 1.82) is 0 Å². The minimum Gasteiger partial charge on any atom is -0.497 e. The topological polar surface area (TPSA) is 141 Å². The number of carbonyl (C=O) groups is 5. The highest BCUT2D eigenvalue weighted by molar-refractivity contribution is 6.30. The molecule has 0 aromatic heterocycles. The van der Waals surface area contributed by atoms with Gasteiger partial charge in [0, 0.05) is 24.6 Å². The summed E-state index contributed by atoms with van der Waals surface area (Å²) >= 11 is 0. The Kier molecular flexibility index (Phi) is 36.8. The molecule has 0 N–H and O–H groups in total. The van der Waals surface area contributed by atoms with Gasteiger partial charge in [-0.3, -0.25) is 19.2 Å². The molecule has 0 saturated carbocycles. The number of hydrogen-bond acceptors (Lipinski definition) is 11. The number of benzene rings is 19. The van der Waals surface area contributed by atoms with Crippen molar-refractivity contribution in [3.63, 3.8) is 0 Å². The van der Waals surface area contributed by atoms with Gasteiger partial charge >= 0.3 is 11.9 Å². The second-order valence-electron chi connectivity index (χ2n) is 41.4. The van der Waals surface area contributed by atoms with E-state index in [9.17, 15) is 24.0 Å². The van der Waals surface area contributed by atoms with Crippen molar-refractivity contribution < 1.29 is 52.4 Å². The van der Waals surface area contributed by atoms with Crippen LogP contribution in [-0.2, 0) is 19.1 Å². The normalized spacial score (nSPS) is 11.1. The van der Waals surface area contributed by atoms with Crippen molar-refractivity contribution in [2.24, 2.45) is 5.92 Å². The largest absolute Gasteiger partial charge is 0.497 e. The summed E-state index contributed by atoms with van der Waals surface area (Å²) in [5.41, 5.74) is 34.5. The number of unbranched alkanes of at least 4 members (excludes halogenated alkanes) is 1. The SMILES string of the molecule is CC(=O)OCC(C)C.CCCC=CC(C)=O.COc1cc(OC)c(C(=O)Oc2ccc(C(C)=O)cc2)cc1OC.COc1cccc(/C=C/C(C)=O)c1.Cc1cc2c3cc(C)c(C)cc3c3cc(C)c(C)cc3c2cc1C.Cc1cc2c3cc(C)c(C)cc3c3cc(C)c(C)cc3c2cc1C.Cc1cc2c3cc(C)c(C)cc3c3cc(C)c(C)cc3c2cc1C.Cc1cc2c3cc(C)c(C)cc3c3cc(C)c(C)cc3c2cc1C. The molecule has 0 bridgehead atoms. The van der Waals surface area contributed by atoms with E-state index in [0.717, 1.165) is 24.2 Å². The maximum absolute atomic E-state index is 12.4. The van der Waals surface area contributed by atoms with Crippen LogP contribution in [0.2, 0.25) is 0 Å². The molecule has 0 heterocycles. The number of fused-ring (bicyclic) bond motifs is 24. The Bertz CT molecular complexity index is 6730. The number of esters is 2. The van der Waals surface area contributed by atoms with Crippen molar-refractivity contribution in [3.05, 3.63) is 375 Å². The summed E-state index contributed by atoms with van der Waals surface area (Å²) < 4.78 is 30.6. The Morgan fingerprint density at radius 1 is 0.262 bits per heavy atom. The highest BCUT2D eigenvalue weighted by Crippen LogP contribution is 2.46. The second-order valence-corrected chi connectivity index (χ2v) is 41.4. The molecule has 11 heteroatoms. The van der Waals surface area contributed by atoms with Gasteiger partial charge in [-0.15, -0.1) is 0 Å². The van der Waals surface area contributed by atoms with E-state index < -0.39 is 5.97 Å².